The zero-order valence-electron chi connectivity index (χ0n) is 8.09. The molecular formula is C9H14F2N2. The van der Waals surface area contributed by atoms with Crippen LogP contribution in [-0.2, 0) is 0 Å². The lowest BCUT2D eigenvalue weighted by atomic mass is 9.85. The van der Waals surface area contributed by atoms with Crippen LogP contribution in [-0.4, -0.2) is 17.8 Å². The van der Waals surface area contributed by atoms with E-state index in [4.69, 9.17) is 0 Å². The van der Waals surface area contributed by atoms with Gasteiger partial charge in [0.15, 0.2) is 0 Å². The molecule has 0 amide bonds. The van der Waals surface area contributed by atoms with Crippen LogP contribution >= 0.6 is 0 Å². The maximum absolute atomic E-state index is 12.2. The summed E-state index contributed by atoms with van der Waals surface area (Å²) in [6.45, 7) is 3.46. The Morgan fingerprint density at radius 3 is 2.54 bits per heavy atom. The standard InChI is InChI=1S/C9H14F2N2/c1-9(2,3)7-4-5-12-13(6-7)8(10)11/h5-6,8H,4H2,1-3H3. The topological polar surface area (TPSA) is 15.6 Å². The number of allylic oxidation sites excluding steroid dienone is 1. The summed E-state index contributed by atoms with van der Waals surface area (Å²) in [6.07, 6.45) is 3.62. The summed E-state index contributed by atoms with van der Waals surface area (Å²) in [7, 11) is 0. The average Bonchev–Trinajstić information content (AvgIpc) is 2.03. The predicted molar refractivity (Wildman–Crippen MR) is 48.5 cm³/mol. The second kappa shape index (κ2) is 3.44. The molecule has 1 rings (SSSR count). The normalized spacial score (nSPS) is 18.0. The first kappa shape index (κ1) is 10.2. The van der Waals surface area contributed by atoms with Crippen molar-refractivity contribution in [1.29, 1.82) is 0 Å². The smallest absolute Gasteiger partial charge is 0.212 e. The third-order valence-corrected chi connectivity index (χ3v) is 1.98. The molecular weight excluding hydrogens is 174 g/mol. The van der Waals surface area contributed by atoms with Gasteiger partial charge in [-0.3, -0.25) is 0 Å². The molecule has 13 heavy (non-hydrogen) atoms. The Balaban J connectivity index is 2.79. The Hall–Kier alpha value is -0.930. The van der Waals surface area contributed by atoms with Crippen molar-refractivity contribution in [3.63, 3.8) is 0 Å². The van der Waals surface area contributed by atoms with Gasteiger partial charge in [-0.15, -0.1) is 0 Å². The van der Waals surface area contributed by atoms with E-state index in [0.29, 0.717) is 11.4 Å². The van der Waals surface area contributed by atoms with Crippen LogP contribution in [0.2, 0.25) is 0 Å². The van der Waals surface area contributed by atoms with Crippen molar-refractivity contribution in [3.8, 4) is 0 Å². The van der Waals surface area contributed by atoms with E-state index in [1.54, 1.807) is 0 Å². The maximum atomic E-state index is 12.2. The molecule has 0 unspecified atom stereocenters. The van der Waals surface area contributed by atoms with Gasteiger partial charge in [-0.25, -0.2) is 5.01 Å². The number of hydrogen-bond donors (Lipinski definition) is 0. The van der Waals surface area contributed by atoms with Gasteiger partial charge in [0.1, 0.15) is 0 Å². The molecule has 0 radical (unpaired) electrons. The minimum absolute atomic E-state index is 0.0699. The van der Waals surface area contributed by atoms with Crippen molar-refractivity contribution in [1.82, 2.24) is 5.01 Å². The van der Waals surface area contributed by atoms with Crippen molar-refractivity contribution in [2.75, 3.05) is 0 Å². The molecule has 0 spiro atoms. The lowest BCUT2D eigenvalue weighted by Crippen LogP contribution is -2.24. The molecule has 0 aromatic heterocycles. The molecule has 2 nitrogen and oxygen atoms in total. The Morgan fingerprint density at radius 1 is 1.46 bits per heavy atom. The average molecular weight is 188 g/mol. The van der Waals surface area contributed by atoms with Crippen LogP contribution in [0.25, 0.3) is 0 Å². The Morgan fingerprint density at radius 2 is 2.08 bits per heavy atom. The number of nitrogens with zero attached hydrogens (tertiary/aromatic N) is 2. The third-order valence-electron chi connectivity index (χ3n) is 1.98. The lowest BCUT2D eigenvalue weighted by Gasteiger charge is -2.27. The van der Waals surface area contributed by atoms with Gasteiger partial charge < -0.3 is 0 Å². The van der Waals surface area contributed by atoms with Crippen LogP contribution < -0.4 is 0 Å². The van der Waals surface area contributed by atoms with Crippen LogP contribution in [0, 0.1) is 5.41 Å². The van der Waals surface area contributed by atoms with E-state index < -0.39 is 6.55 Å². The number of rotatable bonds is 1. The highest BCUT2D eigenvalue weighted by Gasteiger charge is 2.22. The van der Waals surface area contributed by atoms with E-state index in [-0.39, 0.29) is 5.41 Å². The minimum Gasteiger partial charge on any atom is -0.212 e. The number of hydrazone groups is 1. The third kappa shape index (κ3) is 2.50. The second-order valence-corrected chi connectivity index (χ2v) is 4.06. The van der Waals surface area contributed by atoms with Gasteiger partial charge in [-0.2, -0.15) is 13.9 Å². The van der Waals surface area contributed by atoms with Crippen molar-refractivity contribution < 1.29 is 8.78 Å². The Kier molecular flexibility index (Phi) is 2.68. The molecule has 0 bridgehead atoms. The summed E-state index contributed by atoms with van der Waals surface area (Å²) >= 11 is 0. The SMILES string of the molecule is CC(C)(C)C1=CN(C(F)F)N=CC1. The van der Waals surface area contributed by atoms with Crippen LogP contribution in [0.15, 0.2) is 16.9 Å². The van der Waals surface area contributed by atoms with E-state index in [0.717, 1.165) is 5.57 Å². The first-order valence-electron chi connectivity index (χ1n) is 4.21. The number of alkyl halides is 2. The van der Waals surface area contributed by atoms with E-state index in [1.807, 2.05) is 20.8 Å². The van der Waals surface area contributed by atoms with E-state index in [9.17, 15) is 8.78 Å². The quantitative estimate of drug-likeness (QED) is 0.578. The van der Waals surface area contributed by atoms with E-state index in [2.05, 4.69) is 5.10 Å². The van der Waals surface area contributed by atoms with Crippen LogP contribution in [0.3, 0.4) is 0 Å². The van der Waals surface area contributed by atoms with E-state index >= 15 is 0 Å². The van der Waals surface area contributed by atoms with Crippen molar-refractivity contribution in [2.45, 2.75) is 33.7 Å². The highest BCUT2D eigenvalue weighted by molar-refractivity contribution is 5.62. The van der Waals surface area contributed by atoms with Crippen LogP contribution in [0.1, 0.15) is 27.2 Å². The molecule has 0 fully saturated rings. The van der Waals surface area contributed by atoms with Crippen LogP contribution in [0.4, 0.5) is 8.78 Å². The maximum Gasteiger partial charge on any atom is 0.333 e. The molecule has 0 N–H and O–H groups in total. The zero-order chi connectivity index (χ0) is 10.1. The summed E-state index contributed by atoms with van der Waals surface area (Å²) in [4.78, 5) is 0. The van der Waals surface area contributed by atoms with Gasteiger partial charge in [-0.05, 0) is 11.0 Å². The molecule has 1 aliphatic heterocycles. The predicted octanol–water partition coefficient (Wildman–Crippen LogP) is 2.83. The van der Waals surface area contributed by atoms with Gasteiger partial charge in [0.2, 0.25) is 0 Å². The second-order valence-electron chi connectivity index (χ2n) is 4.06. The fourth-order valence-corrected chi connectivity index (χ4v) is 1.09. The number of hydrogen-bond acceptors (Lipinski definition) is 2. The van der Waals surface area contributed by atoms with Gasteiger partial charge in [-0.1, -0.05) is 20.8 Å². The fourth-order valence-electron chi connectivity index (χ4n) is 1.09. The number of halogens is 2. The molecule has 0 aromatic rings. The zero-order valence-corrected chi connectivity index (χ0v) is 8.09. The fraction of sp³-hybridized carbons (Fsp3) is 0.667. The van der Waals surface area contributed by atoms with Crippen LogP contribution in [0.5, 0.6) is 0 Å². The summed E-state index contributed by atoms with van der Waals surface area (Å²) < 4.78 is 24.5. The van der Waals surface area contributed by atoms with Gasteiger partial charge in [0, 0.05) is 18.8 Å². The Labute approximate surface area is 76.9 Å². The molecule has 0 saturated heterocycles. The molecule has 4 heteroatoms. The summed E-state index contributed by atoms with van der Waals surface area (Å²) in [5.74, 6) is 0. The van der Waals surface area contributed by atoms with Crippen molar-refractivity contribution in [2.24, 2.45) is 10.5 Å². The monoisotopic (exact) mass is 188 g/mol. The highest BCUT2D eigenvalue weighted by atomic mass is 19.3. The molecule has 1 aliphatic rings. The first-order chi connectivity index (χ1) is 5.91. The van der Waals surface area contributed by atoms with Crippen molar-refractivity contribution >= 4 is 6.21 Å². The molecule has 0 aliphatic carbocycles. The van der Waals surface area contributed by atoms with Crippen molar-refractivity contribution in [3.05, 3.63) is 11.8 Å². The Bertz CT molecular complexity index is 238. The van der Waals surface area contributed by atoms with Gasteiger partial charge in [0.25, 0.3) is 0 Å². The largest absolute Gasteiger partial charge is 0.333 e. The molecule has 1 heterocycles. The van der Waals surface area contributed by atoms with E-state index in [1.165, 1.54) is 12.4 Å². The summed E-state index contributed by atoms with van der Waals surface area (Å²) in [5, 5.41) is 4.27. The molecule has 0 saturated carbocycles. The first-order valence-corrected chi connectivity index (χ1v) is 4.21. The minimum atomic E-state index is -2.55. The molecule has 0 atom stereocenters. The highest BCUT2D eigenvalue weighted by Crippen LogP contribution is 2.30. The molecule has 0 aromatic carbocycles. The summed E-state index contributed by atoms with van der Waals surface area (Å²) in [6, 6.07) is 0. The summed E-state index contributed by atoms with van der Waals surface area (Å²) in [5.41, 5.74) is 0.905. The lowest BCUT2D eigenvalue weighted by molar-refractivity contribution is 0.00545. The van der Waals surface area contributed by atoms with Gasteiger partial charge >= 0.3 is 6.55 Å². The molecule has 74 valence electrons. The van der Waals surface area contributed by atoms with Gasteiger partial charge in [0.05, 0.1) is 0 Å².